The summed E-state index contributed by atoms with van der Waals surface area (Å²) in [7, 11) is 0. The molecule has 0 saturated carbocycles. The number of benzene rings is 1. The van der Waals surface area contributed by atoms with Crippen LogP contribution in [0.1, 0.15) is 18.4 Å². The maximum atomic E-state index is 6.27. The van der Waals surface area contributed by atoms with E-state index in [-0.39, 0.29) is 0 Å². The summed E-state index contributed by atoms with van der Waals surface area (Å²) in [6, 6.07) is 15.5. The molecule has 1 aromatic carbocycles. The number of nitrogens with zero attached hydrogens (tertiary/aromatic N) is 5. The second-order valence-electron chi connectivity index (χ2n) is 7.85. The summed E-state index contributed by atoms with van der Waals surface area (Å²) in [6.07, 6.45) is 4.23. The maximum absolute atomic E-state index is 6.27. The molecule has 148 valence electrons. The van der Waals surface area contributed by atoms with Crippen LogP contribution in [0.5, 0.6) is 0 Å². The van der Waals surface area contributed by atoms with Crippen LogP contribution in [0.2, 0.25) is 0 Å². The topological polar surface area (TPSA) is 71.2 Å². The summed E-state index contributed by atoms with van der Waals surface area (Å²) in [5.41, 5.74) is 11.7. The third-order valence-corrected chi connectivity index (χ3v) is 6.49. The first-order valence-electron chi connectivity index (χ1n) is 9.94. The number of nitrogens with two attached hydrogens (primary N) is 1. The first kappa shape index (κ1) is 18.4. The average Bonchev–Trinajstić information content (AvgIpc) is 2.98. The minimum atomic E-state index is 0.456. The second-order valence-corrected chi connectivity index (χ2v) is 8.66. The molecule has 6 nitrogen and oxygen atoms in total. The van der Waals surface area contributed by atoms with Crippen LogP contribution in [0.3, 0.4) is 0 Å². The minimum Gasteiger partial charge on any atom is -0.380 e. The number of rotatable bonds is 3. The Morgan fingerprint density at radius 1 is 1.03 bits per heavy atom. The summed E-state index contributed by atoms with van der Waals surface area (Å²) in [4.78, 5) is 9.21. The lowest BCUT2D eigenvalue weighted by atomic mass is 10.0. The van der Waals surface area contributed by atoms with Gasteiger partial charge in [-0.2, -0.15) is 0 Å². The Morgan fingerprint density at radius 3 is 2.52 bits per heavy atom. The van der Waals surface area contributed by atoms with Crippen LogP contribution in [0.25, 0.3) is 11.3 Å². The molecule has 2 bridgehead atoms. The largest absolute Gasteiger partial charge is 0.380 e. The van der Waals surface area contributed by atoms with E-state index in [1.165, 1.54) is 24.1 Å². The van der Waals surface area contributed by atoms with Crippen molar-refractivity contribution in [3.05, 3.63) is 58.8 Å². The lowest BCUT2D eigenvalue weighted by molar-refractivity contribution is 0.534. The van der Waals surface area contributed by atoms with Gasteiger partial charge in [-0.1, -0.05) is 24.3 Å². The van der Waals surface area contributed by atoms with Gasteiger partial charge in [-0.15, -0.1) is 10.2 Å². The van der Waals surface area contributed by atoms with E-state index in [9.17, 15) is 0 Å². The van der Waals surface area contributed by atoms with Gasteiger partial charge in [-0.3, -0.25) is 0 Å². The van der Waals surface area contributed by atoms with Gasteiger partial charge in [0.1, 0.15) is 4.60 Å². The van der Waals surface area contributed by atoms with Crippen molar-refractivity contribution in [1.82, 2.24) is 15.2 Å². The summed E-state index contributed by atoms with van der Waals surface area (Å²) < 4.78 is 0.877. The fourth-order valence-electron chi connectivity index (χ4n) is 4.71. The summed E-state index contributed by atoms with van der Waals surface area (Å²) >= 11 is 3.50. The van der Waals surface area contributed by atoms with Gasteiger partial charge >= 0.3 is 0 Å². The fraction of sp³-hybridized carbons (Fsp3) is 0.318. The molecule has 0 spiro atoms. The van der Waals surface area contributed by atoms with Crippen molar-refractivity contribution < 1.29 is 0 Å². The highest BCUT2D eigenvalue weighted by atomic mass is 79.9. The Morgan fingerprint density at radius 2 is 1.79 bits per heavy atom. The molecule has 2 N–H and O–H groups in total. The Balaban J connectivity index is 1.45. The Kier molecular flexibility index (Phi) is 4.62. The zero-order chi connectivity index (χ0) is 20.0. The van der Waals surface area contributed by atoms with Crippen molar-refractivity contribution in [1.29, 1.82) is 0 Å². The molecule has 5 rings (SSSR count). The Hall–Kier alpha value is -2.67. The van der Waals surface area contributed by atoms with E-state index in [1.54, 1.807) is 0 Å². The maximum Gasteiger partial charge on any atom is 0.169 e. The zero-order valence-electron chi connectivity index (χ0n) is 16.3. The van der Waals surface area contributed by atoms with Gasteiger partial charge in [-0.05, 0) is 59.5 Å². The van der Waals surface area contributed by atoms with E-state index in [4.69, 9.17) is 5.73 Å². The number of hydrogen-bond donors (Lipinski definition) is 1. The molecular formula is C22H23BrN6. The van der Waals surface area contributed by atoms with Gasteiger partial charge in [0, 0.05) is 42.6 Å². The van der Waals surface area contributed by atoms with Crippen molar-refractivity contribution in [3.63, 3.8) is 0 Å². The molecule has 3 aromatic rings. The monoisotopic (exact) mass is 450 g/mol. The number of aromatic nitrogens is 3. The SMILES string of the molecule is Cc1ccccc1-c1cc(N2CC3CCC(C2)N3c2ccnc(Br)c2)c(N)nn1. The standard InChI is InChI=1S/C22H23BrN6/c1-14-4-2-3-5-18(14)19-11-20(22(24)27-26-19)28-12-16-6-7-17(13-28)29(16)15-8-9-25-21(23)10-15/h2-5,8-11,16-17H,6-7,12-13H2,1H3,(H2,24,27). The van der Waals surface area contributed by atoms with Gasteiger partial charge in [0.05, 0.1) is 11.4 Å². The molecule has 4 heterocycles. The van der Waals surface area contributed by atoms with Gasteiger partial charge in [0.25, 0.3) is 0 Å². The number of nitrogen functional groups attached to an aromatic ring is 1. The van der Waals surface area contributed by atoms with Gasteiger partial charge in [-0.25, -0.2) is 4.98 Å². The van der Waals surface area contributed by atoms with Gasteiger partial charge in [0.2, 0.25) is 0 Å². The highest BCUT2D eigenvalue weighted by Gasteiger charge is 2.40. The first-order valence-corrected chi connectivity index (χ1v) is 10.7. The third kappa shape index (κ3) is 3.33. The van der Waals surface area contributed by atoms with Crippen LogP contribution in [-0.4, -0.2) is 40.4 Å². The van der Waals surface area contributed by atoms with E-state index in [0.717, 1.165) is 34.6 Å². The molecule has 2 fully saturated rings. The van der Waals surface area contributed by atoms with E-state index in [2.05, 4.69) is 78.2 Å². The number of piperazine rings is 1. The molecule has 2 unspecified atom stereocenters. The van der Waals surface area contributed by atoms with Crippen LogP contribution < -0.4 is 15.5 Å². The van der Waals surface area contributed by atoms with Crippen LogP contribution in [-0.2, 0) is 0 Å². The van der Waals surface area contributed by atoms with Crippen LogP contribution in [0, 0.1) is 6.92 Å². The molecule has 2 aliphatic rings. The molecule has 7 heteroatoms. The normalized spacial score (nSPS) is 20.9. The van der Waals surface area contributed by atoms with Crippen LogP contribution >= 0.6 is 15.9 Å². The van der Waals surface area contributed by atoms with Crippen LogP contribution in [0.4, 0.5) is 17.2 Å². The minimum absolute atomic E-state index is 0.456. The molecule has 2 aliphatic heterocycles. The van der Waals surface area contributed by atoms with E-state index >= 15 is 0 Å². The highest BCUT2D eigenvalue weighted by molar-refractivity contribution is 9.10. The first-order chi connectivity index (χ1) is 14.1. The quantitative estimate of drug-likeness (QED) is 0.606. The highest BCUT2D eigenvalue weighted by Crippen LogP contribution is 2.38. The molecule has 0 aliphatic carbocycles. The zero-order valence-corrected chi connectivity index (χ0v) is 17.9. The molecule has 0 radical (unpaired) electrons. The molecular weight excluding hydrogens is 428 g/mol. The number of halogens is 1. The molecule has 2 atom stereocenters. The van der Waals surface area contributed by atoms with Crippen molar-refractivity contribution >= 4 is 33.1 Å². The Bertz CT molecular complexity index is 1040. The summed E-state index contributed by atoms with van der Waals surface area (Å²) in [5, 5.41) is 8.66. The van der Waals surface area contributed by atoms with E-state index in [1.807, 2.05) is 18.3 Å². The Labute approximate surface area is 178 Å². The van der Waals surface area contributed by atoms with Crippen molar-refractivity contribution in [2.24, 2.45) is 0 Å². The van der Waals surface area contributed by atoms with Crippen LogP contribution in [0.15, 0.2) is 53.3 Å². The predicted molar refractivity (Wildman–Crippen MR) is 120 cm³/mol. The molecule has 2 aromatic heterocycles. The number of pyridine rings is 1. The fourth-order valence-corrected chi connectivity index (χ4v) is 5.06. The van der Waals surface area contributed by atoms with Crippen molar-refractivity contribution in [3.8, 4) is 11.3 Å². The van der Waals surface area contributed by atoms with E-state index in [0.29, 0.717) is 17.9 Å². The average molecular weight is 451 g/mol. The van der Waals surface area contributed by atoms with Gasteiger partial charge in [0.15, 0.2) is 5.82 Å². The number of hydrogen-bond acceptors (Lipinski definition) is 6. The lowest BCUT2D eigenvalue weighted by Gasteiger charge is -2.43. The lowest BCUT2D eigenvalue weighted by Crippen LogP contribution is -2.54. The third-order valence-electron chi connectivity index (χ3n) is 6.05. The number of fused-ring (bicyclic) bond motifs is 2. The van der Waals surface area contributed by atoms with E-state index < -0.39 is 0 Å². The summed E-state index contributed by atoms with van der Waals surface area (Å²) in [6.45, 7) is 3.96. The molecule has 29 heavy (non-hydrogen) atoms. The smallest absolute Gasteiger partial charge is 0.169 e. The van der Waals surface area contributed by atoms with Gasteiger partial charge < -0.3 is 15.5 Å². The molecule has 2 saturated heterocycles. The predicted octanol–water partition coefficient (Wildman–Crippen LogP) is 4.05. The molecule has 0 amide bonds. The van der Waals surface area contributed by atoms with Crippen molar-refractivity contribution in [2.75, 3.05) is 28.6 Å². The summed E-state index contributed by atoms with van der Waals surface area (Å²) in [5.74, 6) is 0.502. The van der Waals surface area contributed by atoms with Crippen molar-refractivity contribution in [2.45, 2.75) is 31.8 Å². The number of aryl methyl sites for hydroxylation is 1. The second kappa shape index (κ2) is 7.30. The number of anilines is 3.